The molecule has 1 aromatic carbocycles. The number of carbonyl (C=O) groups excluding carboxylic acids is 1. The number of piperidine rings is 2. The predicted molar refractivity (Wildman–Crippen MR) is 113 cm³/mol. The molecule has 1 aliphatic carbocycles. The normalized spacial score (nSPS) is 24.0. The van der Waals surface area contributed by atoms with Gasteiger partial charge in [0.05, 0.1) is 18.9 Å². The lowest BCUT2D eigenvalue weighted by Crippen LogP contribution is -2.57. The number of imidazole rings is 1. The van der Waals surface area contributed by atoms with Crippen LogP contribution in [0.15, 0.2) is 41.8 Å². The lowest BCUT2D eigenvalue weighted by Gasteiger charge is -2.47. The van der Waals surface area contributed by atoms with E-state index in [9.17, 15) is 13.2 Å². The summed E-state index contributed by atoms with van der Waals surface area (Å²) < 4.78 is 35.0. The van der Waals surface area contributed by atoms with Crippen LogP contribution in [-0.4, -0.2) is 47.4 Å². The zero-order valence-electron chi connectivity index (χ0n) is 17.3. The highest BCUT2D eigenvalue weighted by atomic mass is 32.2. The van der Waals surface area contributed by atoms with Crippen LogP contribution < -0.4 is 10.1 Å². The first-order valence-corrected chi connectivity index (χ1v) is 11.9. The number of aromatic nitrogens is 2. The van der Waals surface area contributed by atoms with Crippen LogP contribution in [0.1, 0.15) is 32.6 Å². The van der Waals surface area contributed by atoms with E-state index in [4.69, 9.17) is 4.74 Å². The highest BCUT2D eigenvalue weighted by Crippen LogP contribution is 2.42. The number of benzene rings is 1. The van der Waals surface area contributed by atoms with E-state index in [2.05, 4.69) is 10.3 Å². The van der Waals surface area contributed by atoms with Crippen LogP contribution in [0.4, 0.5) is 5.69 Å². The minimum absolute atomic E-state index is 0.0411. The molecule has 2 bridgehead atoms. The van der Waals surface area contributed by atoms with Crippen molar-refractivity contribution in [2.45, 2.75) is 43.7 Å². The van der Waals surface area contributed by atoms with Gasteiger partial charge in [0.2, 0.25) is 5.91 Å². The molecule has 1 amide bonds. The Hall–Kier alpha value is -2.39. The van der Waals surface area contributed by atoms with Crippen molar-refractivity contribution in [2.24, 2.45) is 18.9 Å². The van der Waals surface area contributed by atoms with Crippen LogP contribution >= 0.6 is 0 Å². The van der Waals surface area contributed by atoms with E-state index in [1.807, 2.05) is 31.2 Å². The Bertz CT molecular complexity index is 1000. The van der Waals surface area contributed by atoms with Crippen molar-refractivity contribution in [3.63, 3.8) is 0 Å². The van der Waals surface area contributed by atoms with Crippen LogP contribution in [0.5, 0.6) is 5.75 Å². The average Bonchev–Trinajstić information content (AvgIpc) is 3.20. The van der Waals surface area contributed by atoms with Crippen molar-refractivity contribution < 1.29 is 17.9 Å². The van der Waals surface area contributed by atoms with Gasteiger partial charge in [-0.05, 0) is 55.9 Å². The maximum atomic E-state index is 13.1. The van der Waals surface area contributed by atoms with E-state index < -0.39 is 10.0 Å². The SMILES string of the molecule is CCCOc1ccc(NC(=O)[C@@H]2C[C@@H]3CC[C@H]2N(S(=O)(=O)c2cn(C)cn2)C3)cc1. The molecule has 2 aromatic rings. The summed E-state index contributed by atoms with van der Waals surface area (Å²) in [6.07, 6.45) is 6.27. The van der Waals surface area contributed by atoms with E-state index >= 15 is 0 Å². The fraction of sp³-hybridized carbons (Fsp3) is 0.524. The molecule has 2 saturated heterocycles. The number of carbonyl (C=O) groups is 1. The van der Waals surface area contributed by atoms with Crippen molar-refractivity contribution in [1.29, 1.82) is 0 Å². The Morgan fingerprint density at radius 1 is 1.27 bits per heavy atom. The molecule has 0 unspecified atom stereocenters. The molecular weight excluding hydrogens is 404 g/mol. The molecule has 1 saturated carbocycles. The standard InChI is InChI=1S/C21H28N4O4S/c1-3-10-29-17-7-5-16(6-8-17)23-21(26)18-11-15-4-9-19(18)25(12-15)30(27,28)20-13-24(2)14-22-20/h5-8,13-15,18-19H,3-4,9-12H2,1-2H3,(H,23,26)/t15-,18+,19+/m0/s1. The lowest BCUT2D eigenvalue weighted by molar-refractivity contribution is -0.125. The largest absolute Gasteiger partial charge is 0.494 e. The number of hydrogen-bond donors (Lipinski definition) is 1. The van der Waals surface area contributed by atoms with E-state index in [-0.39, 0.29) is 28.8 Å². The zero-order valence-corrected chi connectivity index (χ0v) is 18.1. The quantitative estimate of drug-likeness (QED) is 0.726. The summed E-state index contributed by atoms with van der Waals surface area (Å²) >= 11 is 0. The Morgan fingerprint density at radius 2 is 2.03 bits per heavy atom. The van der Waals surface area contributed by atoms with E-state index in [0.717, 1.165) is 18.6 Å². The molecule has 0 radical (unpaired) electrons. The molecule has 30 heavy (non-hydrogen) atoms. The summed E-state index contributed by atoms with van der Waals surface area (Å²) in [6.45, 7) is 3.15. The van der Waals surface area contributed by atoms with Gasteiger partial charge < -0.3 is 14.6 Å². The fourth-order valence-electron chi connectivity index (χ4n) is 4.43. The third kappa shape index (κ3) is 4.09. The summed E-state index contributed by atoms with van der Waals surface area (Å²) in [4.78, 5) is 17.1. The molecule has 1 N–H and O–H groups in total. The molecule has 8 nitrogen and oxygen atoms in total. The van der Waals surface area contributed by atoms with Gasteiger partial charge in [-0.25, -0.2) is 13.4 Å². The minimum atomic E-state index is -3.72. The molecule has 3 heterocycles. The number of aryl methyl sites for hydroxylation is 1. The van der Waals surface area contributed by atoms with Gasteiger partial charge in [-0.15, -0.1) is 0 Å². The Labute approximate surface area is 177 Å². The molecule has 3 aliphatic rings. The topological polar surface area (TPSA) is 93.5 Å². The van der Waals surface area contributed by atoms with Gasteiger partial charge in [0, 0.05) is 31.5 Å². The Morgan fingerprint density at radius 3 is 2.67 bits per heavy atom. The number of ether oxygens (including phenoxy) is 1. The van der Waals surface area contributed by atoms with Gasteiger partial charge in [0.15, 0.2) is 5.03 Å². The third-order valence-corrected chi connectivity index (χ3v) is 7.69. The van der Waals surface area contributed by atoms with Gasteiger partial charge >= 0.3 is 0 Å². The van der Waals surface area contributed by atoms with Crippen LogP contribution in [0.25, 0.3) is 0 Å². The van der Waals surface area contributed by atoms with Gasteiger partial charge in [-0.2, -0.15) is 4.31 Å². The highest BCUT2D eigenvalue weighted by Gasteiger charge is 2.49. The van der Waals surface area contributed by atoms with Crippen LogP contribution in [0, 0.1) is 11.8 Å². The molecule has 3 atom stereocenters. The predicted octanol–water partition coefficient (Wildman–Crippen LogP) is 2.64. The highest BCUT2D eigenvalue weighted by molar-refractivity contribution is 7.89. The van der Waals surface area contributed by atoms with Crippen molar-refractivity contribution in [2.75, 3.05) is 18.5 Å². The smallest absolute Gasteiger partial charge is 0.262 e. The first kappa shape index (κ1) is 20.9. The van der Waals surface area contributed by atoms with Crippen molar-refractivity contribution in [1.82, 2.24) is 13.9 Å². The van der Waals surface area contributed by atoms with Gasteiger partial charge in [-0.1, -0.05) is 6.92 Å². The number of rotatable bonds is 7. The Kier molecular flexibility index (Phi) is 5.84. The lowest BCUT2D eigenvalue weighted by atomic mass is 9.73. The maximum absolute atomic E-state index is 13.1. The van der Waals surface area contributed by atoms with Gasteiger partial charge in [0.1, 0.15) is 5.75 Å². The van der Waals surface area contributed by atoms with Crippen molar-refractivity contribution >= 4 is 21.6 Å². The number of anilines is 1. The molecule has 9 heteroatoms. The van der Waals surface area contributed by atoms with E-state index in [1.165, 1.54) is 16.8 Å². The molecule has 5 rings (SSSR count). The number of sulfonamides is 1. The van der Waals surface area contributed by atoms with Gasteiger partial charge in [-0.3, -0.25) is 4.79 Å². The van der Waals surface area contributed by atoms with Crippen LogP contribution in [-0.2, 0) is 21.9 Å². The maximum Gasteiger partial charge on any atom is 0.262 e. The van der Waals surface area contributed by atoms with Crippen molar-refractivity contribution in [3.05, 3.63) is 36.8 Å². The summed E-state index contributed by atoms with van der Waals surface area (Å²) in [5.41, 5.74) is 0.685. The number of hydrogen-bond acceptors (Lipinski definition) is 5. The Balaban J connectivity index is 1.48. The van der Waals surface area contributed by atoms with E-state index in [0.29, 0.717) is 31.7 Å². The van der Waals surface area contributed by atoms with Gasteiger partial charge in [0.25, 0.3) is 10.0 Å². The average molecular weight is 433 g/mol. The first-order chi connectivity index (χ1) is 14.4. The summed E-state index contributed by atoms with van der Waals surface area (Å²) in [5.74, 6) is 0.452. The number of nitrogens with zero attached hydrogens (tertiary/aromatic N) is 3. The van der Waals surface area contributed by atoms with E-state index in [1.54, 1.807) is 11.6 Å². The van der Waals surface area contributed by atoms with Crippen molar-refractivity contribution in [3.8, 4) is 5.75 Å². The number of amides is 1. The third-order valence-electron chi connectivity index (χ3n) is 5.92. The second-order valence-electron chi connectivity index (χ2n) is 8.17. The molecule has 3 fully saturated rings. The number of fused-ring (bicyclic) bond motifs is 3. The molecule has 1 aromatic heterocycles. The summed E-state index contributed by atoms with van der Waals surface area (Å²) in [5, 5.41) is 3.00. The monoisotopic (exact) mass is 432 g/mol. The number of nitrogens with one attached hydrogen (secondary N) is 1. The minimum Gasteiger partial charge on any atom is -0.494 e. The fourth-order valence-corrected chi connectivity index (χ4v) is 6.17. The summed E-state index contributed by atoms with van der Waals surface area (Å²) in [6, 6.07) is 6.94. The first-order valence-electron chi connectivity index (χ1n) is 10.4. The molecule has 2 aliphatic heterocycles. The second kappa shape index (κ2) is 8.39. The molecular formula is C21H28N4O4S. The zero-order chi connectivity index (χ0) is 21.3. The van der Waals surface area contributed by atoms with Crippen LogP contribution in [0.2, 0.25) is 0 Å². The molecule has 0 spiro atoms. The second-order valence-corrected chi connectivity index (χ2v) is 10.0. The van der Waals surface area contributed by atoms with Crippen LogP contribution in [0.3, 0.4) is 0 Å². The molecule has 162 valence electrons. The summed E-state index contributed by atoms with van der Waals surface area (Å²) in [7, 11) is -1.98.